The van der Waals surface area contributed by atoms with Gasteiger partial charge in [0.2, 0.25) is 5.91 Å². The van der Waals surface area contributed by atoms with E-state index in [1.807, 2.05) is 0 Å². The molecule has 0 radical (unpaired) electrons. The molecular weight excluding hydrogens is 260 g/mol. The van der Waals surface area contributed by atoms with Crippen molar-refractivity contribution in [2.45, 2.75) is 71.6 Å². The van der Waals surface area contributed by atoms with Crippen molar-refractivity contribution in [2.75, 3.05) is 26.2 Å². The minimum atomic E-state index is -0.0510. The van der Waals surface area contributed by atoms with Crippen molar-refractivity contribution in [3.63, 3.8) is 0 Å². The Balaban J connectivity index is 1.99. The van der Waals surface area contributed by atoms with Crippen molar-refractivity contribution in [1.82, 2.24) is 10.2 Å². The number of likely N-dealkylation sites (tertiary alicyclic amines) is 1. The molecule has 21 heavy (non-hydrogen) atoms. The number of nitrogens with zero attached hydrogens (tertiary/aromatic N) is 1. The van der Waals surface area contributed by atoms with Gasteiger partial charge < -0.3 is 10.2 Å². The molecule has 3 nitrogen and oxygen atoms in total. The third kappa shape index (κ3) is 4.21. The average Bonchev–Trinajstić information content (AvgIpc) is 2.74. The molecule has 2 saturated heterocycles. The molecule has 2 aliphatic rings. The number of piperidine rings is 1. The first kappa shape index (κ1) is 16.8. The van der Waals surface area contributed by atoms with E-state index in [1.54, 1.807) is 0 Å². The largest absolute Gasteiger partial charge is 0.342 e. The molecule has 2 fully saturated rings. The van der Waals surface area contributed by atoms with Crippen LogP contribution in [0, 0.1) is 11.3 Å². The first-order valence-electron chi connectivity index (χ1n) is 9.22. The third-order valence-corrected chi connectivity index (χ3v) is 5.57. The van der Waals surface area contributed by atoms with Gasteiger partial charge in [0, 0.05) is 13.1 Å². The Morgan fingerprint density at radius 1 is 1.14 bits per heavy atom. The van der Waals surface area contributed by atoms with E-state index in [9.17, 15) is 4.79 Å². The van der Waals surface area contributed by atoms with Crippen molar-refractivity contribution < 1.29 is 4.79 Å². The number of nitrogens with one attached hydrogen (secondary N) is 1. The van der Waals surface area contributed by atoms with E-state index < -0.39 is 0 Å². The van der Waals surface area contributed by atoms with Crippen LogP contribution in [0.5, 0.6) is 0 Å². The number of hydrogen-bond donors (Lipinski definition) is 1. The predicted octanol–water partition coefficient (Wildman–Crippen LogP) is 3.59. The molecule has 2 heterocycles. The fraction of sp³-hybridized carbons (Fsp3) is 0.944. The highest BCUT2D eigenvalue weighted by atomic mass is 16.2. The molecule has 1 N–H and O–H groups in total. The van der Waals surface area contributed by atoms with Crippen LogP contribution in [-0.4, -0.2) is 37.0 Å². The lowest BCUT2D eigenvalue weighted by Gasteiger charge is -2.40. The molecule has 0 bridgehead atoms. The molecule has 0 spiro atoms. The van der Waals surface area contributed by atoms with Gasteiger partial charge in [0.25, 0.3) is 0 Å². The second-order valence-corrected chi connectivity index (χ2v) is 7.16. The van der Waals surface area contributed by atoms with Crippen molar-refractivity contribution in [2.24, 2.45) is 11.3 Å². The molecule has 0 saturated carbocycles. The van der Waals surface area contributed by atoms with Crippen LogP contribution in [0.3, 0.4) is 0 Å². The number of rotatable bonds is 5. The van der Waals surface area contributed by atoms with Crippen LogP contribution in [0.25, 0.3) is 0 Å². The fourth-order valence-electron chi connectivity index (χ4n) is 4.36. The van der Waals surface area contributed by atoms with E-state index >= 15 is 0 Å². The highest BCUT2D eigenvalue weighted by Gasteiger charge is 2.41. The van der Waals surface area contributed by atoms with Crippen molar-refractivity contribution in [3.05, 3.63) is 0 Å². The molecule has 3 heteroatoms. The van der Waals surface area contributed by atoms with Gasteiger partial charge in [-0.15, -0.1) is 0 Å². The van der Waals surface area contributed by atoms with E-state index in [4.69, 9.17) is 0 Å². The summed E-state index contributed by atoms with van der Waals surface area (Å²) in [7, 11) is 0. The summed E-state index contributed by atoms with van der Waals surface area (Å²) < 4.78 is 0. The van der Waals surface area contributed by atoms with E-state index in [0.717, 1.165) is 57.8 Å². The molecule has 1 atom stereocenters. The van der Waals surface area contributed by atoms with Gasteiger partial charge in [-0.05, 0) is 57.5 Å². The zero-order chi connectivity index (χ0) is 15.1. The second-order valence-electron chi connectivity index (χ2n) is 7.16. The molecule has 1 amide bonds. The molecule has 0 aromatic rings. The Morgan fingerprint density at radius 3 is 2.57 bits per heavy atom. The fourth-order valence-corrected chi connectivity index (χ4v) is 4.36. The average molecular weight is 294 g/mol. The Bertz CT molecular complexity index is 318. The van der Waals surface area contributed by atoms with Gasteiger partial charge >= 0.3 is 0 Å². The first-order valence-corrected chi connectivity index (χ1v) is 9.22. The van der Waals surface area contributed by atoms with Crippen LogP contribution in [-0.2, 0) is 4.79 Å². The summed E-state index contributed by atoms with van der Waals surface area (Å²) in [5, 5.41) is 3.42. The number of amides is 1. The molecular formula is C18H34N2O. The summed E-state index contributed by atoms with van der Waals surface area (Å²) in [4.78, 5) is 15.4. The van der Waals surface area contributed by atoms with Crippen LogP contribution >= 0.6 is 0 Å². The topological polar surface area (TPSA) is 32.3 Å². The highest BCUT2D eigenvalue weighted by Crippen LogP contribution is 2.37. The van der Waals surface area contributed by atoms with Gasteiger partial charge in [-0.1, -0.05) is 33.1 Å². The molecule has 2 aliphatic heterocycles. The summed E-state index contributed by atoms with van der Waals surface area (Å²) >= 11 is 0. The highest BCUT2D eigenvalue weighted by molar-refractivity contribution is 5.83. The monoisotopic (exact) mass is 294 g/mol. The van der Waals surface area contributed by atoms with Crippen molar-refractivity contribution in [3.8, 4) is 0 Å². The van der Waals surface area contributed by atoms with Gasteiger partial charge in [-0.25, -0.2) is 0 Å². The summed E-state index contributed by atoms with van der Waals surface area (Å²) in [5.74, 6) is 1.32. The summed E-state index contributed by atoms with van der Waals surface area (Å²) in [5.41, 5.74) is -0.0510. The Kier molecular flexibility index (Phi) is 6.53. The molecule has 1 unspecified atom stereocenters. The summed E-state index contributed by atoms with van der Waals surface area (Å²) in [6, 6.07) is 0. The van der Waals surface area contributed by atoms with Crippen LogP contribution in [0.4, 0.5) is 0 Å². The molecule has 0 aliphatic carbocycles. The minimum Gasteiger partial charge on any atom is -0.342 e. The minimum absolute atomic E-state index is 0.0510. The first-order chi connectivity index (χ1) is 10.2. The maximum absolute atomic E-state index is 13.2. The van der Waals surface area contributed by atoms with Gasteiger partial charge in [0.15, 0.2) is 0 Å². The number of carbonyl (C=O) groups is 1. The van der Waals surface area contributed by atoms with E-state index in [0.29, 0.717) is 5.91 Å². The normalized spacial score (nSPS) is 26.4. The Morgan fingerprint density at radius 2 is 1.90 bits per heavy atom. The van der Waals surface area contributed by atoms with E-state index in [-0.39, 0.29) is 5.41 Å². The van der Waals surface area contributed by atoms with E-state index in [2.05, 4.69) is 24.1 Å². The summed E-state index contributed by atoms with van der Waals surface area (Å²) in [6.07, 6.45) is 10.6. The Labute approximate surface area is 130 Å². The van der Waals surface area contributed by atoms with Crippen LogP contribution in [0.1, 0.15) is 71.6 Å². The van der Waals surface area contributed by atoms with Crippen molar-refractivity contribution >= 4 is 5.91 Å². The van der Waals surface area contributed by atoms with Gasteiger partial charge in [0.05, 0.1) is 5.41 Å². The van der Waals surface area contributed by atoms with Crippen LogP contribution < -0.4 is 5.32 Å². The standard InChI is InChI=1S/C18H34N2O/c1-3-6-16-7-5-14-20(15-8-16)17(21)18(9-4-2)10-12-19-13-11-18/h16,19H,3-15H2,1-2H3. The predicted molar refractivity (Wildman–Crippen MR) is 88.3 cm³/mol. The molecule has 0 aromatic carbocycles. The molecule has 122 valence electrons. The SMILES string of the molecule is CCCC1CCCN(C(=O)C2(CCC)CCNCC2)CC1. The maximum Gasteiger partial charge on any atom is 0.228 e. The van der Waals surface area contributed by atoms with Gasteiger partial charge in [0.1, 0.15) is 0 Å². The zero-order valence-corrected chi connectivity index (χ0v) is 14.1. The van der Waals surface area contributed by atoms with Crippen LogP contribution in [0.2, 0.25) is 0 Å². The van der Waals surface area contributed by atoms with E-state index in [1.165, 1.54) is 32.1 Å². The lowest BCUT2D eigenvalue weighted by atomic mass is 9.74. The molecule has 0 aromatic heterocycles. The number of hydrogen-bond acceptors (Lipinski definition) is 2. The third-order valence-electron chi connectivity index (χ3n) is 5.57. The zero-order valence-electron chi connectivity index (χ0n) is 14.1. The van der Waals surface area contributed by atoms with Crippen molar-refractivity contribution in [1.29, 1.82) is 0 Å². The number of carbonyl (C=O) groups excluding carboxylic acids is 1. The maximum atomic E-state index is 13.2. The Hall–Kier alpha value is -0.570. The van der Waals surface area contributed by atoms with Gasteiger partial charge in [-0.3, -0.25) is 4.79 Å². The van der Waals surface area contributed by atoms with Gasteiger partial charge in [-0.2, -0.15) is 0 Å². The summed E-state index contributed by atoms with van der Waals surface area (Å²) in [6.45, 7) is 8.52. The lowest BCUT2D eigenvalue weighted by molar-refractivity contribution is -0.144. The van der Waals surface area contributed by atoms with Crippen LogP contribution in [0.15, 0.2) is 0 Å². The smallest absolute Gasteiger partial charge is 0.228 e. The quantitative estimate of drug-likeness (QED) is 0.840. The second kappa shape index (κ2) is 8.17. The molecule has 2 rings (SSSR count). The lowest BCUT2D eigenvalue weighted by Crippen LogP contribution is -2.49.